The summed E-state index contributed by atoms with van der Waals surface area (Å²) >= 11 is 7.40. The van der Waals surface area contributed by atoms with Gasteiger partial charge in [0.1, 0.15) is 16.9 Å². The number of nitrogens with one attached hydrogen (secondary N) is 2. The van der Waals surface area contributed by atoms with Crippen molar-refractivity contribution in [3.63, 3.8) is 0 Å². The van der Waals surface area contributed by atoms with E-state index in [4.69, 9.17) is 21.5 Å². The molecule has 1 saturated heterocycles. The maximum Gasteiger partial charge on any atom is 0.490 e. The first kappa shape index (κ1) is 29.5. The number of sulfonamides is 1. The summed E-state index contributed by atoms with van der Waals surface area (Å²) in [5.74, 6) is -3.71. The monoisotopic (exact) mass is 598 g/mol. The van der Waals surface area contributed by atoms with Crippen LogP contribution in [-0.4, -0.2) is 61.4 Å². The van der Waals surface area contributed by atoms with E-state index in [1.807, 2.05) is 35.2 Å². The lowest BCUT2D eigenvalue weighted by Gasteiger charge is -2.37. The van der Waals surface area contributed by atoms with Crippen LogP contribution in [0.15, 0.2) is 58.9 Å². The zero-order chi connectivity index (χ0) is 28.1. The zero-order valence-corrected chi connectivity index (χ0v) is 21.5. The Morgan fingerprint density at radius 2 is 1.87 bits per heavy atom. The third-order valence-electron chi connectivity index (χ3n) is 5.09. The highest BCUT2D eigenvalue weighted by molar-refractivity contribution is 7.93. The number of halogens is 6. The van der Waals surface area contributed by atoms with Crippen LogP contribution in [0.2, 0.25) is 5.02 Å². The van der Waals surface area contributed by atoms with E-state index >= 15 is 0 Å². The fourth-order valence-electron chi connectivity index (χ4n) is 3.31. The Balaban J connectivity index is 0.000000505. The molecule has 38 heavy (non-hydrogen) atoms. The van der Waals surface area contributed by atoms with Crippen LogP contribution in [0.3, 0.4) is 0 Å². The Hall–Kier alpha value is -3.01. The third-order valence-corrected chi connectivity index (χ3v) is 7.58. The molecule has 4 rings (SSSR count). The second-order valence-corrected chi connectivity index (χ2v) is 10.9. The molecule has 3 N–H and O–H groups in total. The van der Waals surface area contributed by atoms with Crippen molar-refractivity contribution in [3.05, 3.63) is 70.4 Å². The van der Waals surface area contributed by atoms with Gasteiger partial charge in [0.05, 0.1) is 16.8 Å². The fourth-order valence-corrected chi connectivity index (χ4v) is 5.47. The van der Waals surface area contributed by atoms with Gasteiger partial charge in [0.15, 0.2) is 5.13 Å². The Labute approximate surface area is 223 Å². The van der Waals surface area contributed by atoms with E-state index in [-0.39, 0.29) is 21.9 Å². The van der Waals surface area contributed by atoms with Crippen LogP contribution in [0.5, 0.6) is 0 Å². The maximum absolute atomic E-state index is 14.8. The maximum atomic E-state index is 14.8. The summed E-state index contributed by atoms with van der Waals surface area (Å²) in [6, 6.07) is 11.3. The van der Waals surface area contributed by atoms with Gasteiger partial charge in [-0.05, 0) is 17.7 Å². The second kappa shape index (κ2) is 12.2. The molecule has 0 amide bonds. The molecule has 1 unspecified atom stereocenters. The second-order valence-electron chi connectivity index (χ2n) is 7.93. The summed E-state index contributed by atoms with van der Waals surface area (Å²) in [4.78, 5) is 14.1. The van der Waals surface area contributed by atoms with E-state index in [0.717, 1.165) is 29.0 Å². The number of benzene rings is 2. The Kier molecular flexibility index (Phi) is 9.51. The predicted molar refractivity (Wildman–Crippen MR) is 132 cm³/mol. The fraction of sp³-hybridized carbons (Fsp3) is 0.273. The summed E-state index contributed by atoms with van der Waals surface area (Å²) in [6.45, 7) is 1.17. The van der Waals surface area contributed by atoms with Gasteiger partial charge in [-0.3, -0.25) is 9.62 Å². The molecule has 3 aromatic rings. The number of alkyl halides is 4. The summed E-state index contributed by atoms with van der Waals surface area (Å²) in [5.41, 5.74) is 1.17. The number of hydrogen-bond acceptors (Lipinski definition) is 7. The average molecular weight is 599 g/mol. The molecule has 1 aliphatic heterocycles. The molecular formula is C22H20ClF5N4O4S2. The minimum Gasteiger partial charge on any atom is -0.475 e. The molecule has 0 aliphatic carbocycles. The van der Waals surface area contributed by atoms with Crippen molar-refractivity contribution in [3.8, 4) is 0 Å². The van der Waals surface area contributed by atoms with Gasteiger partial charge in [0.25, 0.3) is 10.0 Å². The molecule has 0 bridgehead atoms. The molecule has 0 saturated carbocycles. The average Bonchev–Trinajstić information content (AvgIpc) is 3.32. The number of rotatable bonds is 8. The lowest BCUT2D eigenvalue weighted by molar-refractivity contribution is -0.192. The number of hydrogen-bond donors (Lipinski definition) is 3. The van der Waals surface area contributed by atoms with Gasteiger partial charge in [-0.1, -0.05) is 41.9 Å². The van der Waals surface area contributed by atoms with Gasteiger partial charge in [0, 0.05) is 31.2 Å². The van der Waals surface area contributed by atoms with E-state index < -0.39 is 39.1 Å². The van der Waals surface area contributed by atoms with E-state index in [2.05, 4.69) is 15.0 Å². The molecule has 0 spiro atoms. The Morgan fingerprint density at radius 1 is 1.24 bits per heavy atom. The van der Waals surface area contributed by atoms with Gasteiger partial charge >= 0.3 is 12.1 Å². The first-order valence-corrected chi connectivity index (χ1v) is 13.4. The number of carboxylic acids is 1. The quantitative estimate of drug-likeness (QED) is 0.307. The molecule has 1 aliphatic rings. The number of nitrogens with zero attached hydrogens (tertiary/aromatic N) is 2. The molecule has 206 valence electrons. The van der Waals surface area contributed by atoms with Crippen LogP contribution in [0.4, 0.5) is 32.8 Å². The highest BCUT2D eigenvalue weighted by Gasteiger charge is 2.38. The van der Waals surface area contributed by atoms with Crippen molar-refractivity contribution in [1.29, 1.82) is 0 Å². The molecule has 1 aromatic heterocycles. The van der Waals surface area contributed by atoms with Crippen molar-refractivity contribution in [2.24, 2.45) is 0 Å². The van der Waals surface area contributed by atoms with Gasteiger partial charge < -0.3 is 10.4 Å². The van der Waals surface area contributed by atoms with Gasteiger partial charge in [-0.15, -0.1) is 11.3 Å². The van der Waals surface area contributed by atoms with Gasteiger partial charge in [-0.25, -0.2) is 27.0 Å². The van der Waals surface area contributed by atoms with Crippen molar-refractivity contribution in [1.82, 2.24) is 9.88 Å². The van der Waals surface area contributed by atoms with Crippen LogP contribution >= 0.6 is 22.9 Å². The minimum absolute atomic E-state index is 0.0498. The van der Waals surface area contributed by atoms with Crippen LogP contribution in [0.1, 0.15) is 11.6 Å². The number of anilines is 2. The largest absolute Gasteiger partial charge is 0.490 e. The number of aromatic nitrogens is 1. The molecule has 2 aromatic carbocycles. The standard InChI is InChI=1S/C20H19ClF2N4O2S2.C2HF3O2/c21-15-8-19(31(28,29)26-20-24-6-7-30-20)16(23)9-17(15)25-18(12-27-10-14(22)11-27)13-4-2-1-3-5-13;3-2(4,5)1(6)7/h1-9,14,18,25H,10-12H2,(H,24,26);(H,6,7). The molecule has 1 atom stereocenters. The lowest BCUT2D eigenvalue weighted by Crippen LogP contribution is -2.50. The molecule has 2 heterocycles. The number of carboxylic acid groups (broad SMARTS) is 1. The molecule has 1 fully saturated rings. The van der Waals surface area contributed by atoms with E-state index in [1.54, 1.807) is 5.38 Å². The number of thiazole rings is 1. The van der Waals surface area contributed by atoms with E-state index in [0.29, 0.717) is 19.6 Å². The SMILES string of the molecule is O=C(O)C(F)(F)F.O=S(=O)(Nc1nccs1)c1cc(Cl)c(NC(CN2CC(F)C2)c2ccccc2)cc1F. The van der Waals surface area contributed by atoms with Crippen molar-refractivity contribution < 1.29 is 40.3 Å². The summed E-state index contributed by atoms with van der Waals surface area (Å²) in [7, 11) is -4.19. The van der Waals surface area contributed by atoms with Crippen LogP contribution < -0.4 is 10.0 Å². The number of carbonyl (C=O) groups is 1. The number of likely N-dealkylation sites (tertiary alicyclic amines) is 1. The first-order valence-electron chi connectivity index (χ1n) is 10.7. The molecular weight excluding hydrogens is 579 g/mol. The smallest absolute Gasteiger partial charge is 0.475 e. The van der Waals surface area contributed by atoms with Crippen LogP contribution in [0, 0.1) is 5.82 Å². The summed E-state index contributed by atoms with van der Waals surface area (Å²) in [5, 5.41) is 12.1. The van der Waals surface area contributed by atoms with Crippen LogP contribution in [0.25, 0.3) is 0 Å². The van der Waals surface area contributed by atoms with Crippen LogP contribution in [-0.2, 0) is 14.8 Å². The van der Waals surface area contributed by atoms with Crippen molar-refractivity contribution in [2.75, 3.05) is 29.7 Å². The molecule has 0 radical (unpaired) electrons. The molecule has 16 heteroatoms. The highest BCUT2D eigenvalue weighted by Crippen LogP contribution is 2.32. The topological polar surface area (TPSA) is 112 Å². The van der Waals surface area contributed by atoms with Crippen molar-refractivity contribution >= 4 is 49.7 Å². The van der Waals surface area contributed by atoms with E-state index in [9.17, 15) is 30.4 Å². The third kappa shape index (κ3) is 7.99. The Bertz CT molecular complexity index is 1340. The van der Waals surface area contributed by atoms with Gasteiger partial charge in [-0.2, -0.15) is 13.2 Å². The zero-order valence-electron chi connectivity index (χ0n) is 19.1. The highest BCUT2D eigenvalue weighted by atomic mass is 35.5. The predicted octanol–water partition coefficient (Wildman–Crippen LogP) is 5.18. The lowest BCUT2D eigenvalue weighted by atomic mass is 10.0. The summed E-state index contributed by atoms with van der Waals surface area (Å²) < 4.78 is 87.1. The Morgan fingerprint density at radius 3 is 2.39 bits per heavy atom. The molecule has 8 nitrogen and oxygen atoms in total. The normalized spacial score (nSPS) is 15.1. The first-order chi connectivity index (χ1) is 17.8. The van der Waals surface area contributed by atoms with Crippen molar-refractivity contribution in [2.45, 2.75) is 23.3 Å². The van der Waals surface area contributed by atoms with E-state index in [1.165, 1.54) is 6.20 Å². The summed E-state index contributed by atoms with van der Waals surface area (Å²) in [6.07, 6.45) is -4.49. The van der Waals surface area contributed by atoms with Gasteiger partial charge in [0.2, 0.25) is 0 Å². The number of aliphatic carboxylic acids is 1. The minimum atomic E-state index is -5.08.